The third-order valence-electron chi connectivity index (χ3n) is 3.68. The smallest absolute Gasteiger partial charge is 0.339 e. The lowest BCUT2D eigenvalue weighted by Crippen LogP contribution is -2.17. The number of ether oxygens (including phenoxy) is 2. The number of nitrogens with zero attached hydrogens (tertiary/aromatic N) is 2. The zero-order chi connectivity index (χ0) is 18.0. The van der Waals surface area contributed by atoms with Crippen LogP contribution in [0.4, 0.5) is 0 Å². The van der Waals surface area contributed by atoms with Gasteiger partial charge in [-0.05, 0) is 52.7 Å². The predicted molar refractivity (Wildman–Crippen MR) is 96.0 cm³/mol. The Labute approximate surface area is 152 Å². The molecule has 2 aromatic heterocycles. The summed E-state index contributed by atoms with van der Waals surface area (Å²) < 4.78 is 12.5. The lowest BCUT2D eigenvalue weighted by atomic mass is 10.2. The summed E-state index contributed by atoms with van der Waals surface area (Å²) in [5.74, 6) is 0.0189. The Hall–Kier alpha value is -2.67. The van der Waals surface area contributed by atoms with Gasteiger partial charge in [-0.2, -0.15) is 0 Å². The topological polar surface area (TPSA) is 69.9 Å². The molecule has 0 unspecified atom stereocenters. The molecule has 0 radical (unpaired) electrons. The highest BCUT2D eigenvalue weighted by Gasteiger charge is 2.14. The molecule has 0 aliphatic rings. The van der Waals surface area contributed by atoms with E-state index in [1.165, 1.54) is 17.6 Å². The zero-order valence-electron chi connectivity index (χ0n) is 13.7. The quantitative estimate of drug-likeness (QED) is 0.626. The number of benzene rings is 1. The molecule has 6 nitrogen and oxygen atoms in total. The number of fused-ring (bicyclic) bond motifs is 1. The van der Waals surface area contributed by atoms with Crippen LogP contribution in [0.3, 0.4) is 0 Å². The van der Waals surface area contributed by atoms with E-state index in [1.807, 2.05) is 13.0 Å². The highest BCUT2D eigenvalue weighted by molar-refractivity contribution is 9.10. The van der Waals surface area contributed by atoms with E-state index in [9.17, 15) is 9.59 Å². The molecule has 0 aliphatic heterocycles. The normalized spacial score (nSPS) is 10.7. The van der Waals surface area contributed by atoms with Crippen molar-refractivity contribution in [1.29, 1.82) is 0 Å². The van der Waals surface area contributed by atoms with Gasteiger partial charge in [-0.3, -0.25) is 9.20 Å². The van der Waals surface area contributed by atoms with Gasteiger partial charge in [0.25, 0.3) is 5.56 Å². The highest BCUT2D eigenvalue weighted by atomic mass is 79.9. The maximum absolute atomic E-state index is 12.3. The number of carbonyl (C=O) groups is 1. The standard InChI is InChI=1S/C18H15BrN2O4/c1-11-4-3-7-21-16(22)8-12(20-17(11)21)10-25-18(23)14-9-13(24-2)5-6-15(14)19/h3-9H,10H2,1-2H3. The van der Waals surface area contributed by atoms with Crippen molar-refractivity contribution >= 4 is 27.5 Å². The Kier molecular flexibility index (Phi) is 4.85. The average Bonchev–Trinajstić information content (AvgIpc) is 2.61. The van der Waals surface area contributed by atoms with Gasteiger partial charge in [0.05, 0.1) is 18.4 Å². The van der Waals surface area contributed by atoms with Crippen LogP contribution in [-0.4, -0.2) is 22.5 Å². The first-order chi connectivity index (χ1) is 12.0. The number of aryl methyl sites for hydroxylation is 1. The van der Waals surface area contributed by atoms with E-state index in [0.29, 0.717) is 27.1 Å². The van der Waals surface area contributed by atoms with Crippen molar-refractivity contribution in [2.75, 3.05) is 7.11 Å². The molecule has 1 aromatic carbocycles. The molecule has 0 saturated heterocycles. The Morgan fingerprint density at radius 3 is 2.84 bits per heavy atom. The average molecular weight is 403 g/mol. The number of esters is 1. The van der Waals surface area contributed by atoms with Gasteiger partial charge >= 0.3 is 5.97 Å². The summed E-state index contributed by atoms with van der Waals surface area (Å²) in [7, 11) is 1.52. The molecule has 2 heterocycles. The van der Waals surface area contributed by atoms with Gasteiger partial charge in [0.1, 0.15) is 18.0 Å². The van der Waals surface area contributed by atoms with Crippen molar-refractivity contribution < 1.29 is 14.3 Å². The molecule has 0 fully saturated rings. The van der Waals surface area contributed by atoms with E-state index in [1.54, 1.807) is 30.5 Å². The van der Waals surface area contributed by atoms with E-state index in [4.69, 9.17) is 9.47 Å². The fourth-order valence-electron chi connectivity index (χ4n) is 2.39. The van der Waals surface area contributed by atoms with Crippen LogP contribution in [0, 0.1) is 6.92 Å². The van der Waals surface area contributed by atoms with Crippen LogP contribution >= 0.6 is 15.9 Å². The zero-order valence-corrected chi connectivity index (χ0v) is 15.2. The van der Waals surface area contributed by atoms with Gasteiger partial charge in [-0.1, -0.05) is 6.07 Å². The van der Waals surface area contributed by atoms with E-state index in [2.05, 4.69) is 20.9 Å². The second-order valence-corrected chi connectivity index (χ2v) is 6.25. The van der Waals surface area contributed by atoms with Crippen molar-refractivity contribution in [3.63, 3.8) is 0 Å². The van der Waals surface area contributed by atoms with E-state index >= 15 is 0 Å². The molecule has 0 spiro atoms. The summed E-state index contributed by atoms with van der Waals surface area (Å²) in [6.07, 6.45) is 1.65. The molecule has 3 aromatic rings. The minimum absolute atomic E-state index is 0.0947. The van der Waals surface area contributed by atoms with Crippen molar-refractivity contribution in [2.45, 2.75) is 13.5 Å². The molecular weight excluding hydrogens is 388 g/mol. The van der Waals surface area contributed by atoms with Crippen molar-refractivity contribution in [3.8, 4) is 5.75 Å². The molecule has 0 bridgehead atoms. The van der Waals surface area contributed by atoms with Crippen LogP contribution in [-0.2, 0) is 11.3 Å². The summed E-state index contributed by atoms with van der Waals surface area (Å²) in [5, 5.41) is 0. The first-order valence-corrected chi connectivity index (χ1v) is 8.27. The minimum atomic E-state index is -0.530. The lowest BCUT2D eigenvalue weighted by molar-refractivity contribution is 0.0466. The summed E-state index contributed by atoms with van der Waals surface area (Å²) >= 11 is 3.31. The summed E-state index contributed by atoms with van der Waals surface area (Å²) in [6.45, 7) is 1.77. The Morgan fingerprint density at radius 1 is 1.28 bits per heavy atom. The second kappa shape index (κ2) is 7.06. The number of methoxy groups -OCH3 is 1. The number of halogens is 1. The first-order valence-electron chi connectivity index (χ1n) is 7.48. The van der Waals surface area contributed by atoms with Gasteiger partial charge in [-0.25, -0.2) is 9.78 Å². The molecule has 25 heavy (non-hydrogen) atoms. The molecule has 128 valence electrons. The Bertz CT molecular complexity index is 1010. The molecule has 0 aliphatic carbocycles. The second-order valence-electron chi connectivity index (χ2n) is 5.39. The number of hydrogen-bond donors (Lipinski definition) is 0. The van der Waals surface area contributed by atoms with Crippen molar-refractivity contribution in [1.82, 2.24) is 9.38 Å². The van der Waals surface area contributed by atoms with Crippen LogP contribution in [0.2, 0.25) is 0 Å². The molecular formula is C18H15BrN2O4. The van der Waals surface area contributed by atoms with Gasteiger partial charge < -0.3 is 9.47 Å². The third-order valence-corrected chi connectivity index (χ3v) is 4.38. The molecule has 0 N–H and O–H groups in total. The molecule has 0 amide bonds. The molecule has 7 heteroatoms. The molecule has 0 atom stereocenters. The molecule has 0 saturated carbocycles. The maximum Gasteiger partial charge on any atom is 0.339 e. The maximum atomic E-state index is 12.3. The monoisotopic (exact) mass is 402 g/mol. The summed E-state index contributed by atoms with van der Waals surface area (Å²) in [5.41, 5.74) is 1.92. The van der Waals surface area contributed by atoms with Gasteiger partial charge in [0.2, 0.25) is 0 Å². The number of rotatable bonds is 4. The number of pyridine rings is 1. The van der Waals surface area contributed by atoms with E-state index < -0.39 is 5.97 Å². The van der Waals surface area contributed by atoms with Crippen LogP contribution < -0.4 is 10.3 Å². The minimum Gasteiger partial charge on any atom is -0.497 e. The number of aromatic nitrogens is 2. The Balaban J connectivity index is 1.84. The van der Waals surface area contributed by atoms with Crippen molar-refractivity contribution in [2.24, 2.45) is 0 Å². The Morgan fingerprint density at radius 2 is 2.08 bits per heavy atom. The predicted octanol–water partition coefficient (Wildman–Crippen LogP) is 3.13. The van der Waals surface area contributed by atoms with Gasteiger partial charge in [0, 0.05) is 16.7 Å². The molecule has 3 rings (SSSR count). The van der Waals surface area contributed by atoms with Gasteiger partial charge in [-0.15, -0.1) is 0 Å². The van der Waals surface area contributed by atoms with Crippen LogP contribution in [0.1, 0.15) is 21.6 Å². The number of hydrogen-bond acceptors (Lipinski definition) is 5. The first kappa shape index (κ1) is 17.2. The van der Waals surface area contributed by atoms with Crippen LogP contribution in [0.25, 0.3) is 5.65 Å². The fraction of sp³-hybridized carbons (Fsp3) is 0.167. The number of carbonyl (C=O) groups excluding carboxylic acids is 1. The lowest BCUT2D eigenvalue weighted by Gasteiger charge is -2.09. The SMILES string of the molecule is COc1ccc(Br)c(C(=O)OCc2cc(=O)n3cccc(C)c3n2)c1. The van der Waals surface area contributed by atoms with Gasteiger partial charge in [0.15, 0.2) is 0 Å². The van der Waals surface area contributed by atoms with Crippen LogP contribution in [0.15, 0.2) is 51.9 Å². The largest absolute Gasteiger partial charge is 0.497 e. The fourth-order valence-corrected chi connectivity index (χ4v) is 2.80. The van der Waals surface area contributed by atoms with Crippen LogP contribution in [0.5, 0.6) is 5.75 Å². The third kappa shape index (κ3) is 3.56. The summed E-state index contributed by atoms with van der Waals surface area (Å²) in [6, 6.07) is 10.0. The summed E-state index contributed by atoms with van der Waals surface area (Å²) in [4.78, 5) is 28.9. The van der Waals surface area contributed by atoms with E-state index in [-0.39, 0.29) is 12.2 Å². The van der Waals surface area contributed by atoms with Crippen molar-refractivity contribution in [3.05, 3.63) is 74.2 Å². The van der Waals surface area contributed by atoms with E-state index in [0.717, 1.165) is 5.56 Å². The highest BCUT2D eigenvalue weighted by Crippen LogP contribution is 2.23.